The van der Waals surface area contributed by atoms with Gasteiger partial charge >= 0.3 is 0 Å². The first kappa shape index (κ1) is 7.29. The molecule has 0 bridgehead atoms. The molecule has 62 valence electrons. The molecule has 0 radical (unpaired) electrons. The molecule has 0 unspecified atom stereocenters. The summed E-state index contributed by atoms with van der Waals surface area (Å²) in [6.45, 7) is 0. The van der Waals surface area contributed by atoms with E-state index in [2.05, 4.69) is 0 Å². The lowest BCUT2D eigenvalue weighted by molar-refractivity contribution is -0.123. The van der Waals surface area contributed by atoms with E-state index in [4.69, 9.17) is 0 Å². The quantitative estimate of drug-likeness (QED) is 0.568. The van der Waals surface area contributed by atoms with Gasteiger partial charge in [-0.3, -0.25) is 4.79 Å². The standard InChI is InChI=1S/C9H14O2/c10-8-3-1-2-6-7(8)4-5-9(6)11/h6-8,10H,1-5H2/t6-,7+,8-/m0/s1. The van der Waals surface area contributed by atoms with Gasteiger partial charge in [-0.25, -0.2) is 0 Å². The van der Waals surface area contributed by atoms with Crippen molar-refractivity contribution in [1.82, 2.24) is 0 Å². The first-order valence-corrected chi connectivity index (χ1v) is 4.50. The number of carbonyl (C=O) groups is 1. The van der Waals surface area contributed by atoms with Gasteiger partial charge in [0.15, 0.2) is 0 Å². The molecule has 2 aliphatic carbocycles. The number of rotatable bonds is 0. The van der Waals surface area contributed by atoms with Crippen LogP contribution in [-0.2, 0) is 4.79 Å². The molecule has 2 rings (SSSR count). The molecular formula is C9H14O2. The summed E-state index contributed by atoms with van der Waals surface area (Å²) in [7, 11) is 0. The van der Waals surface area contributed by atoms with Crippen molar-refractivity contribution in [2.24, 2.45) is 11.8 Å². The molecule has 2 aliphatic rings. The van der Waals surface area contributed by atoms with Gasteiger partial charge in [0.05, 0.1) is 6.10 Å². The Labute approximate surface area is 66.6 Å². The number of hydrogen-bond donors (Lipinski definition) is 1. The molecule has 0 aliphatic heterocycles. The molecule has 2 saturated carbocycles. The van der Waals surface area contributed by atoms with Crippen LogP contribution < -0.4 is 0 Å². The summed E-state index contributed by atoms with van der Waals surface area (Å²) in [5.74, 6) is 0.934. The van der Waals surface area contributed by atoms with E-state index in [0.717, 1.165) is 25.7 Å². The zero-order valence-electron chi connectivity index (χ0n) is 6.62. The van der Waals surface area contributed by atoms with Crippen LogP contribution in [0.3, 0.4) is 0 Å². The Hall–Kier alpha value is -0.370. The highest BCUT2D eigenvalue weighted by molar-refractivity contribution is 5.83. The van der Waals surface area contributed by atoms with E-state index in [9.17, 15) is 9.90 Å². The number of aliphatic hydroxyl groups is 1. The van der Waals surface area contributed by atoms with Gasteiger partial charge in [-0.05, 0) is 25.2 Å². The van der Waals surface area contributed by atoms with Crippen LogP contribution >= 0.6 is 0 Å². The smallest absolute Gasteiger partial charge is 0.136 e. The highest BCUT2D eigenvalue weighted by Gasteiger charge is 2.40. The molecule has 1 N–H and O–H groups in total. The predicted octanol–water partition coefficient (Wildman–Crippen LogP) is 1.13. The molecule has 0 heterocycles. The van der Waals surface area contributed by atoms with E-state index in [1.807, 2.05) is 0 Å². The maximum atomic E-state index is 11.2. The second-order valence-corrected chi connectivity index (χ2v) is 3.77. The normalized spacial score (nSPS) is 44.1. The Kier molecular flexibility index (Phi) is 1.72. The van der Waals surface area contributed by atoms with Crippen molar-refractivity contribution < 1.29 is 9.90 Å². The van der Waals surface area contributed by atoms with Crippen LogP contribution in [0.5, 0.6) is 0 Å². The maximum Gasteiger partial charge on any atom is 0.136 e. The highest BCUT2D eigenvalue weighted by Crippen LogP contribution is 2.39. The Bertz CT molecular complexity index is 176. The average molecular weight is 154 g/mol. The minimum absolute atomic E-state index is 0.180. The van der Waals surface area contributed by atoms with Crippen molar-refractivity contribution in [3.63, 3.8) is 0 Å². The fourth-order valence-electron chi connectivity index (χ4n) is 2.53. The van der Waals surface area contributed by atoms with Crippen LogP contribution in [0.25, 0.3) is 0 Å². The lowest BCUT2D eigenvalue weighted by Crippen LogP contribution is -2.30. The molecule has 0 spiro atoms. The second kappa shape index (κ2) is 2.59. The van der Waals surface area contributed by atoms with Crippen molar-refractivity contribution >= 4 is 5.78 Å². The Morgan fingerprint density at radius 2 is 2.09 bits per heavy atom. The summed E-state index contributed by atoms with van der Waals surface area (Å²) in [5, 5.41) is 9.54. The number of carbonyl (C=O) groups excluding carboxylic acids is 1. The predicted molar refractivity (Wildman–Crippen MR) is 41.1 cm³/mol. The summed E-state index contributed by atoms with van der Waals surface area (Å²) >= 11 is 0. The molecular weight excluding hydrogens is 140 g/mol. The van der Waals surface area contributed by atoms with E-state index in [0.29, 0.717) is 18.1 Å². The number of aliphatic hydroxyl groups excluding tert-OH is 1. The number of fused-ring (bicyclic) bond motifs is 1. The van der Waals surface area contributed by atoms with Gasteiger partial charge in [0.25, 0.3) is 0 Å². The highest BCUT2D eigenvalue weighted by atomic mass is 16.3. The third-order valence-corrected chi connectivity index (χ3v) is 3.16. The molecule has 0 saturated heterocycles. The van der Waals surface area contributed by atoms with Gasteiger partial charge in [0.2, 0.25) is 0 Å². The summed E-state index contributed by atoms with van der Waals surface area (Å²) in [5.41, 5.74) is 0. The van der Waals surface area contributed by atoms with Crippen LogP contribution in [0.15, 0.2) is 0 Å². The molecule has 0 aromatic carbocycles. The van der Waals surface area contributed by atoms with Crippen molar-refractivity contribution in [2.75, 3.05) is 0 Å². The van der Waals surface area contributed by atoms with E-state index in [-0.39, 0.29) is 12.0 Å². The molecule has 3 atom stereocenters. The van der Waals surface area contributed by atoms with Gasteiger partial charge in [-0.1, -0.05) is 6.42 Å². The molecule has 2 heteroatoms. The monoisotopic (exact) mass is 154 g/mol. The van der Waals surface area contributed by atoms with E-state index in [1.54, 1.807) is 0 Å². The molecule has 11 heavy (non-hydrogen) atoms. The molecule has 0 aromatic rings. The summed E-state index contributed by atoms with van der Waals surface area (Å²) in [6.07, 6.45) is 4.44. The third kappa shape index (κ3) is 1.09. The molecule has 0 amide bonds. The van der Waals surface area contributed by atoms with E-state index >= 15 is 0 Å². The minimum atomic E-state index is -0.180. The van der Waals surface area contributed by atoms with Gasteiger partial charge < -0.3 is 5.11 Å². The fraction of sp³-hybridized carbons (Fsp3) is 0.889. The first-order chi connectivity index (χ1) is 5.29. The Balaban J connectivity index is 2.12. The van der Waals surface area contributed by atoms with E-state index in [1.165, 1.54) is 0 Å². The topological polar surface area (TPSA) is 37.3 Å². The zero-order chi connectivity index (χ0) is 7.84. The average Bonchev–Trinajstić information content (AvgIpc) is 2.35. The van der Waals surface area contributed by atoms with Gasteiger partial charge in [0.1, 0.15) is 5.78 Å². The number of ketones is 1. The van der Waals surface area contributed by atoms with Crippen molar-refractivity contribution in [2.45, 2.75) is 38.2 Å². The Morgan fingerprint density at radius 3 is 2.82 bits per heavy atom. The van der Waals surface area contributed by atoms with Crippen LogP contribution in [0.2, 0.25) is 0 Å². The zero-order valence-corrected chi connectivity index (χ0v) is 6.62. The summed E-state index contributed by atoms with van der Waals surface area (Å²) < 4.78 is 0. The SMILES string of the molecule is O=C1CC[C@@H]2[C@@H]1CCC[C@@H]2O. The number of hydrogen-bond acceptors (Lipinski definition) is 2. The maximum absolute atomic E-state index is 11.2. The number of Topliss-reactive ketones (excluding diaryl/α,β-unsaturated/α-hetero) is 1. The van der Waals surface area contributed by atoms with Gasteiger partial charge in [-0.2, -0.15) is 0 Å². The molecule has 0 aromatic heterocycles. The van der Waals surface area contributed by atoms with Gasteiger partial charge in [0, 0.05) is 12.3 Å². The van der Waals surface area contributed by atoms with Crippen molar-refractivity contribution in [3.05, 3.63) is 0 Å². The van der Waals surface area contributed by atoms with Crippen LogP contribution in [0.4, 0.5) is 0 Å². The summed E-state index contributed by atoms with van der Waals surface area (Å²) in [4.78, 5) is 11.2. The third-order valence-electron chi connectivity index (χ3n) is 3.16. The van der Waals surface area contributed by atoms with Gasteiger partial charge in [-0.15, -0.1) is 0 Å². The minimum Gasteiger partial charge on any atom is -0.393 e. The van der Waals surface area contributed by atoms with Crippen molar-refractivity contribution in [3.8, 4) is 0 Å². The summed E-state index contributed by atoms with van der Waals surface area (Å²) in [6, 6.07) is 0. The lowest BCUT2D eigenvalue weighted by atomic mass is 9.79. The van der Waals surface area contributed by atoms with Crippen molar-refractivity contribution in [1.29, 1.82) is 0 Å². The van der Waals surface area contributed by atoms with Crippen LogP contribution in [0.1, 0.15) is 32.1 Å². The fourth-order valence-corrected chi connectivity index (χ4v) is 2.53. The Morgan fingerprint density at radius 1 is 1.27 bits per heavy atom. The largest absolute Gasteiger partial charge is 0.393 e. The van der Waals surface area contributed by atoms with Crippen LogP contribution in [0, 0.1) is 11.8 Å². The molecule has 2 nitrogen and oxygen atoms in total. The van der Waals surface area contributed by atoms with Crippen LogP contribution in [-0.4, -0.2) is 17.0 Å². The van der Waals surface area contributed by atoms with E-state index < -0.39 is 0 Å². The second-order valence-electron chi connectivity index (χ2n) is 3.77. The first-order valence-electron chi connectivity index (χ1n) is 4.50. The molecule has 2 fully saturated rings. The lowest BCUT2D eigenvalue weighted by Gasteiger charge is -2.28.